The van der Waals surface area contributed by atoms with Crippen LogP contribution in [0, 0.1) is 6.92 Å². The Kier molecular flexibility index (Phi) is 4.53. The molecule has 0 fully saturated rings. The predicted molar refractivity (Wildman–Crippen MR) is 82.0 cm³/mol. The molecule has 0 aliphatic carbocycles. The molecule has 0 aliphatic heterocycles. The van der Waals surface area contributed by atoms with E-state index >= 15 is 0 Å². The van der Waals surface area contributed by atoms with Gasteiger partial charge in [0.1, 0.15) is 5.75 Å². The Bertz CT molecular complexity index is 669. The van der Waals surface area contributed by atoms with E-state index < -0.39 is 0 Å². The number of phenolic OH excluding ortho intramolecular Hbond substituents is 1. The maximum absolute atomic E-state index is 11.8. The Hall–Kier alpha value is -2.14. The van der Waals surface area contributed by atoms with Gasteiger partial charge >= 0.3 is 0 Å². The van der Waals surface area contributed by atoms with E-state index in [0.717, 1.165) is 10.0 Å². The monoisotopic (exact) mass is 332 g/mol. The largest absolute Gasteiger partial charge is 0.507 e. The minimum absolute atomic E-state index is 0.0988. The number of hydrazone groups is 1. The van der Waals surface area contributed by atoms with Crippen LogP contribution < -0.4 is 5.43 Å². The molecule has 4 nitrogen and oxygen atoms in total. The quantitative estimate of drug-likeness (QED) is 0.669. The number of benzene rings is 2. The number of carbonyl (C=O) groups excluding carboxylic acids is 1. The van der Waals surface area contributed by atoms with E-state index in [9.17, 15) is 9.90 Å². The molecule has 5 heteroatoms. The van der Waals surface area contributed by atoms with Gasteiger partial charge in [-0.1, -0.05) is 33.6 Å². The lowest BCUT2D eigenvalue weighted by molar-refractivity contribution is 0.0955. The molecule has 1 amide bonds. The number of aryl methyl sites for hydroxylation is 1. The Morgan fingerprint density at radius 1 is 1.30 bits per heavy atom. The first kappa shape index (κ1) is 14.3. The highest BCUT2D eigenvalue weighted by Gasteiger charge is 2.04. The third-order valence-corrected chi connectivity index (χ3v) is 3.13. The van der Waals surface area contributed by atoms with E-state index in [-0.39, 0.29) is 11.7 Å². The Balaban J connectivity index is 2.06. The lowest BCUT2D eigenvalue weighted by Crippen LogP contribution is -2.17. The van der Waals surface area contributed by atoms with Crippen molar-refractivity contribution in [2.75, 3.05) is 0 Å². The standard InChI is InChI=1S/C15H13BrN2O2/c1-10-3-2-4-11(7-10)15(20)18-17-9-12-8-13(16)5-6-14(12)19/h2-9,19H,1H3,(H,18,20)/b17-9+. The van der Waals surface area contributed by atoms with Crippen molar-refractivity contribution in [3.05, 3.63) is 63.6 Å². The number of hydrogen-bond donors (Lipinski definition) is 2. The first-order valence-electron chi connectivity index (χ1n) is 5.95. The van der Waals surface area contributed by atoms with Gasteiger partial charge in [-0.25, -0.2) is 5.43 Å². The first-order valence-corrected chi connectivity index (χ1v) is 6.74. The number of amides is 1. The second kappa shape index (κ2) is 6.34. The van der Waals surface area contributed by atoms with Crippen LogP contribution in [0.3, 0.4) is 0 Å². The van der Waals surface area contributed by atoms with Crippen molar-refractivity contribution in [2.45, 2.75) is 6.92 Å². The van der Waals surface area contributed by atoms with E-state index in [4.69, 9.17) is 0 Å². The molecule has 20 heavy (non-hydrogen) atoms. The number of hydrogen-bond acceptors (Lipinski definition) is 3. The zero-order valence-corrected chi connectivity index (χ0v) is 12.4. The summed E-state index contributed by atoms with van der Waals surface area (Å²) in [6.45, 7) is 1.92. The Morgan fingerprint density at radius 2 is 2.10 bits per heavy atom. The van der Waals surface area contributed by atoms with Gasteiger partial charge in [-0.15, -0.1) is 0 Å². The highest BCUT2D eigenvalue weighted by Crippen LogP contribution is 2.19. The molecule has 0 bridgehead atoms. The highest BCUT2D eigenvalue weighted by atomic mass is 79.9. The summed E-state index contributed by atoms with van der Waals surface area (Å²) < 4.78 is 0.821. The lowest BCUT2D eigenvalue weighted by atomic mass is 10.1. The number of aromatic hydroxyl groups is 1. The number of carbonyl (C=O) groups is 1. The summed E-state index contributed by atoms with van der Waals surface area (Å²) >= 11 is 3.30. The number of nitrogens with one attached hydrogen (secondary N) is 1. The van der Waals surface area contributed by atoms with Crippen LogP contribution in [0.25, 0.3) is 0 Å². The molecular weight excluding hydrogens is 320 g/mol. The van der Waals surface area contributed by atoms with Gasteiger partial charge in [0.25, 0.3) is 5.91 Å². The van der Waals surface area contributed by atoms with Crippen molar-refractivity contribution < 1.29 is 9.90 Å². The maximum Gasteiger partial charge on any atom is 0.271 e. The third-order valence-electron chi connectivity index (χ3n) is 2.64. The molecule has 0 spiro atoms. The molecule has 0 saturated carbocycles. The second-order valence-corrected chi connectivity index (χ2v) is 5.19. The van der Waals surface area contributed by atoms with Crippen molar-refractivity contribution in [1.29, 1.82) is 0 Å². The van der Waals surface area contributed by atoms with Crippen LogP contribution in [0.15, 0.2) is 52.0 Å². The highest BCUT2D eigenvalue weighted by molar-refractivity contribution is 9.10. The molecule has 2 aromatic rings. The summed E-state index contributed by atoms with van der Waals surface area (Å²) in [4.78, 5) is 11.8. The Labute approximate surface area is 125 Å². The minimum atomic E-state index is -0.292. The fourth-order valence-electron chi connectivity index (χ4n) is 1.64. The SMILES string of the molecule is Cc1cccc(C(=O)N/N=C/c2cc(Br)ccc2O)c1. The number of nitrogens with zero attached hydrogens (tertiary/aromatic N) is 1. The van der Waals surface area contributed by atoms with Crippen molar-refractivity contribution >= 4 is 28.1 Å². The van der Waals surface area contributed by atoms with Crippen molar-refractivity contribution in [3.63, 3.8) is 0 Å². The van der Waals surface area contributed by atoms with Gasteiger partial charge in [0.15, 0.2) is 0 Å². The average molecular weight is 333 g/mol. The summed E-state index contributed by atoms with van der Waals surface area (Å²) in [6.07, 6.45) is 1.40. The van der Waals surface area contributed by atoms with E-state index in [1.54, 1.807) is 30.3 Å². The van der Waals surface area contributed by atoms with Crippen LogP contribution in [0.5, 0.6) is 5.75 Å². The molecule has 2 rings (SSSR count). The minimum Gasteiger partial charge on any atom is -0.507 e. The third kappa shape index (κ3) is 3.68. The van der Waals surface area contributed by atoms with Gasteiger partial charge in [-0.3, -0.25) is 4.79 Å². The normalized spacial score (nSPS) is 10.7. The molecule has 0 aromatic heterocycles. The fraction of sp³-hybridized carbons (Fsp3) is 0.0667. The molecule has 0 saturated heterocycles. The number of halogens is 1. The molecule has 2 N–H and O–H groups in total. The number of phenols is 1. The second-order valence-electron chi connectivity index (χ2n) is 4.27. The maximum atomic E-state index is 11.8. The average Bonchev–Trinajstić information content (AvgIpc) is 2.42. The topological polar surface area (TPSA) is 61.7 Å². The summed E-state index contributed by atoms with van der Waals surface area (Å²) in [5, 5.41) is 13.5. The van der Waals surface area contributed by atoms with Gasteiger partial charge in [-0.05, 0) is 37.3 Å². The summed E-state index contributed by atoms with van der Waals surface area (Å²) in [5.41, 5.74) is 4.49. The van der Waals surface area contributed by atoms with Crippen LogP contribution in [0.2, 0.25) is 0 Å². The summed E-state index contributed by atoms with van der Waals surface area (Å²) in [7, 11) is 0. The van der Waals surface area contributed by atoms with Crippen LogP contribution in [0.4, 0.5) is 0 Å². The zero-order chi connectivity index (χ0) is 14.5. The van der Waals surface area contributed by atoms with E-state index in [0.29, 0.717) is 11.1 Å². The summed E-state index contributed by atoms with van der Waals surface area (Å²) in [5.74, 6) is -0.193. The molecule has 0 aliphatic rings. The zero-order valence-electron chi connectivity index (χ0n) is 10.8. The van der Waals surface area contributed by atoms with E-state index in [1.165, 1.54) is 6.21 Å². The molecular formula is C15H13BrN2O2. The van der Waals surface area contributed by atoms with Crippen LogP contribution in [-0.4, -0.2) is 17.2 Å². The van der Waals surface area contributed by atoms with Crippen molar-refractivity contribution in [1.82, 2.24) is 5.43 Å². The van der Waals surface area contributed by atoms with Crippen LogP contribution >= 0.6 is 15.9 Å². The lowest BCUT2D eigenvalue weighted by Gasteiger charge is -2.02. The molecule has 0 atom stereocenters. The van der Waals surface area contributed by atoms with Gasteiger partial charge < -0.3 is 5.11 Å². The molecule has 2 aromatic carbocycles. The smallest absolute Gasteiger partial charge is 0.271 e. The fourth-order valence-corrected chi connectivity index (χ4v) is 2.02. The van der Waals surface area contributed by atoms with Crippen molar-refractivity contribution in [2.24, 2.45) is 5.10 Å². The molecule has 0 unspecified atom stereocenters. The van der Waals surface area contributed by atoms with Gasteiger partial charge in [0, 0.05) is 15.6 Å². The molecule has 102 valence electrons. The first-order chi connectivity index (χ1) is 9.56. The Morgan fingerprint density at radius 3 is 2.85 bits per heavy atom. The van der Waals surface area contributed by atoms with Crippen LogP contribution in [0.1, 0.15) is 21.5 Å². The number of rotatable bonds is 3. The van der Waals surface area contributed by atoms with E-state index in [2.05, 4.69) is 26.5 Å². The van der Waals surface area contributed by atoms with Crippen LogP contribution in [-0.2, 0) is 0 Å². The molecule has 0 radical (unpaired) electrons. The molecule has 0 heterocycles. The van der Waals surface area contributed by atoms with E-state index in [1.807, 2.05) is 19.1 Å². The van der Waals surface area contributed by atoms with Crippen molar-refractivity contribution in [3.8, 4) is 5.75 Å². The summed E-state index contributed by atoms with van der Waals surface area (Å²) in [6, 6.07) is 12.2. The predicted octanol–water partition coefficient (Wildman–Crippen LogP) is 3.23. The van der Waals surface area contributed by atoms with Gasteiger partial charge in [-0.2, -0.15) is 5.10 Å². The van der Waals surface area contributed by atoms with Gasteiger partial charge in [0.05, 0.1) is 6.21 Å². The van der Waals surface area contributed by atoms with Gasteiger partial charge in [0.2, 0.25) is 0 Å².